The van der Waals surface area contributed by atoms with Crippen molar-refractivity contribution in [3.63, 3.8) is 0 Å². The molecule has 0 fully saturated rings. The summed E-state index contributed by atoms with van der Waals surface area (Å²) in [5.74, 6) is 5.61. The molecule has 2 aromatic heterocycles. The fourth-order valence-corrected chi connectivity index (χ4v) is 5.42. The van der Waals surface area contributed by atoms with Crippen LogP contribution >= 0.6 is 22.7 Å². The number of nitrogens with one attached hydrogen (secondary N) is 2. The van der Waals surface area contributed by atoms with Gasteiger partial charge in [-0.05, 0) is 83.6 Å². The van der Waals surface area contributed by atoms with Crippen LogP contribution in [-0.4, -0.2) is 38.8 Å². The Morgan fingerprint density at radius 2 is 1.72 bits per heavy atom. The number of carboxylic acid groups (broad SMARTS) is 1. The fraction of sp³-hybridized carbons (Fsp3) is 0.424. The first-order valence-electron chi connectivity index (χ1n) is 14.3. The van der Waals surface area contributed by atoms with Crippen LogP contribution in [0, 0.1) is 24.2 Å². The number of aryl methyl sites for hydroxylation is 1. The molecule has 3 N–H and O–H groups in total. The lowest BCUT2D eigenvalue weighted by Gasteiger charge is -2.23. The Labute approximate surface area is 264 Å². The average Bonchev–Trinajstić information content (AvgIpc) is 3.53. The van der Waals surface area contributed by atoms with Crippen molar-refractivity contribution in [2.45, 2.75) is 81.1 Å². The lowest BCUT2D eigenvalue weighted by molar-refractivity contribution is -0.148. The Bertz CT molecular complexity index is 1480. The second kappa shape index (κ2) is 18.7. The van der Waals surface area contributed by atoms with Gasteiger partial charge < -0.3 is 10.4 Å². The standard InChI is InChI=1S/C20H19N5OS2.C9H18O2.C4H8/c1-5-13(6-2)15-10-14(8-9-17-25-24-12(4)27-17)18-16(11-15)22-20(28-18)23-19(26)21-7-3;1-4-6-9(3,7-5-2)8(10)11;1-4(2)3/h5-6,10-11H,1,7H2,2-4H3,(H2,21,22,23,26);4-7H2,1-3H3,(H,10,11);1H2,2-3H3/b13-6+;;. The molecular formula is C33H45N5O3S2. The van der Waals surface area contributed by atoms with E-state index in [9.17, 15) is 9.59 Å². The summed E-state index contributed by atoms with van der Waals surface area (Å²) in [6.45, 7) is 23.5. The van der Waals surface area contributed by atoms with Gasteiger partial charge in [-0.1, -0.05) is 79.6 Å². The number of hydrogen-bond acceptors (Lipinski definition) is 7. The highest BCUT2D eigenvalue weighted by Gasteiger charge is 2.30. The zero-order chi connectivity index (χ0) is 32.6. The molecule has 3 rings (SSSR count). The number of aliphatic carboxylic acids is 1. The molecule has 0 aliphatic rings. The summed E-state index contributed by atoms with van der Waals surface area (Å²) in [6, 6.07) is 3.71. The number of fused-ring (bicyclic) bond motifs is 1. The van der Waals surface area contributed by atoms with Gasteiger partial charge in [0.15, 0.2) is 10.1 Å². The minimum atomic E-state index is -0.652. The maximum atomic E-state index is 11.8. The molecule has 2 amide bonds. The highest BCUT2D eigenvalue weighted by molar-refractivity contribution is 7.22. The van der Waals surface area contributed by atoms with Crippen molar-refractivity contribution in [2.75, 3.05) is 11.9 Å². The molecule has 0 saturated heterocycles. The third-order valence-corrected chi connectivity index (χ3v) is 7.64. The Morgan fingerprint density at radius 1 is 1.09 bits per heavy atom. The first-order chi connectivity index (χ1) is 20.3. The molecule has 2 heterocycles. The zero-order valence-electron chi connectivity index (χ0n) is 26.7. The van der Waals surface area contributed by atoms with E-state index in [0.717, 1.165) is 57.6 Å². The Hall–Kier alpha value is -3.81. The number of carbonyl (C=O) groups excluding carboxylic acids is 1. The van der Waals surface area contributed by atoms with Crippen LogP contribution in [0.3, 0.4) is 0 Å². The minimum absolute atomic E-state index is 0.279. The molecule has 3 aromatic rings. The first-order valence-corrected chi connectivity index (χ1v) is 15.9. The van der Waals surface area contributed by atoms with Crippen LogP contribution in [0.5, 0.6) is 0 Å². The van der Waals surface area contributed by atoms with Crippen molar-refractivity contribution in [3.8, 4) is 11.8 Å². The molecule has 0 atom stereocenters. The van der Waals surface area contributed by atoms with E-state index in [4.69, 9.17) is 5.11 Å². The van der Waals surface area contributed by atoms with Crippen LogP contribution in [0.2, 0.25) is 0 Å². The number of thiazole rings is 1. The molecule has 8 nitrogen and oxygen atoms in total. The summed E-state index contributed by atoms with van der Waals surface area (Å²) in [7, 11) is 0. The summed E-state index contributed by atoms with van der Waals surface area (Å²) in [4.78, 5) is 27.2. The molecule has 0 spiro atoms. The molecule has 43 heavy (non-hydrogen) atoms. The quantitative estimate of drug-likeness (QED) is 0.125. The maximum Gasteiger partial charge on any atom is 0.321 e. The Balaban J connectivity index is 0.000000514. The summed E-state index contributed by atoms with van der Waals surface area (Å²) in [6.07, 6.45) is 7.25. The van der Waals surface area contributed by atoms with Crippen molar-refractivity contribution >= 4 is 55.6 Å². The number of hydrogen-bond donors (Lipinski definition) is 3. The lowest BCUT2D eigenvalue weighted by atomic mass is 9.81. The predicted molar refractivity (Wildman–Crippen MR) is 183 cm³/mol. The van der Waals surface area contributed by atoms with Crippen molar-refractivity contribution < 1.29 is 14.7 Å². The smallest absolute Gasteiger partial charge is 0.321 e. The van der Waals surface area contributed by atoms with Crippen LogP contribution < -0.4 is 10.6 Å². The third-order valence-electron chi connectivity index (χ3n) is 5.86. The van der Waals surface area contributed by atoms with Gasteiger partial charge in [-0.15, -0.1) is 16.8 Å². The Kier molecular flexibility index (Phi) is 16.2. The molecule has 10 heteroatoms. The van der Waals surface area contributed by atoms with E-state index in [1.807, 2.05) is 73.6 Å². The molecule has 0 bridgehead atoms. The van der Waals surface area contributed by atoms with Crippen LogP contribution in [0.4, 0.5) is 9.93 Å². The van der Waals surface area contributed by atoms with Crippen molar-refractivity contribution in [3.05, 3.63) is 64.2 Å². The average molecular weight is 624 g/mol. The number of nitrogens with zero attached hydrogens (tertiary/aromatic N) is 3. The van der Waals surface area contributed by atoms with E-state index in [2.05, 4.69) is 50.8 Å². The number of carboxylic acids is 1. The van der Waals surface area contributed by atoms with E-state index in [0.29, 0.717) is 16.7 Å². The van der Waals surface area contributed by atoms with Gasteiger partial charge in [-0.25, -0.2) is 9.78 Å². The summed E-state index contributed by atoms with van der Waals surface area (Å²) in [5.41, 5.74) is 4.24. The van der Waals surface area contributed by atoms with Gasteiger partial charge >= 0.3 is 12.0 Å². The monoisotopic (exact) mass is 623 g/mol. The molecule has 232 valence electrons. The van der Waals surface area contributed by atoms with Gasteiger partial charge in [0, 0.05) is 12.1 Å². The molecular weight excluding hydrogens is 579 g/mol. The van der Waals surface area contributed by atoms with E-state index >= 15 is 0 Å². The van der Waals surface area contributed by atoms with E-state index in [-0.39, 0.29) is 6.03 Å². The predicted octanol–water partition coefficient (Wildman–Crippen LogP) is 8.85. The number of allylic oxidation sites excluding steroid dienone is 4. The summed E-state index contributed by atoms with van der Waals surface area (Å²) < 4.78 is 0.906. The van der Waals surface area contributed by atoms with Crippen molar-refractivity contribution in [1.82, 2.24) is 20.5 Å². The van der Waals surface area contributed by atoms with Crippen LogP contribution in [0.1, 0.15) is 95.3 Å². The van der Waals surface area contributed by atoms with Crippen LogP contribution in [0.25, 0.3) is 15.8 Å². The van der Waals surface area contributed by atoms with Gasteiger partial charge in [-0.3, -0.25) is 10.1 Å². The first kappa shape index (κ1) is 37.2. The summed E-state index contributed by atoms with van der Waals surface area (Å²) >= 11 is 2.84. The number of rotatable bonds is 9. The highest BCUT2D eigenvalue weighted by atomic mass is 32.1. The van der Waals surface area contributed by atoms with Crippen molar-refractivity contribution in [1.29, 1.82) is 0 Å². The molecule has 1 aromatic carbocycles. The van der Waals surface area contributed by atoms with E-state index in [1.165, 1.54) is 28.2 Å². The normalized spacial score (nSPS) is 10.7. The molecule has 0 aliphatic carbocycles. The van der Waals surface area contributed by atoms with Gasteiger partial charge in [0.1, 0.15) is 5.01 Å². The van der Waals surface area contributed by atoms with Gasteiger partial charge in [-0.2, -0.15) is 0 Å². The van der Waals surface area contributed by atoms with E-state index in [1.54, 1.807) is 6.08 Å². The minimum Gasteiger partial charge on any atom is -0.481 e. The summed E-state index contributed by atoms with van der Waals surface area (Å²) in [5, 5.41) is 24.5. The number of urea groups is 1. The van der Waals surface area contributed by atoms with Gasteiger partial charge in [0.05, 0.1) is 15.6 Å². The highest BCUT2D eigenvalue weighted by Crippen LogP contribution is 2.32. The van der Waals surface area contributed by atoms with Crippen LogP contribution in [-0.2, 0) is 4.79 Å². The SMILES string of the molecule is C=C(C)C.C=C/C(=C\C)c1cc(C#Cc2nnc(C)s2)c2sc(NC(=O)NCC)nc2c1.CCCC(C)(CCC)C(=O)O. The molecule has 0 aliphatic heterocycles. The van der Waals surface area contributed by atoms with Gasteiger partial charge in [0.25, 0.3) is 0 Å². The number of benzene rings is 1. The van der Waals surface area contributed by atoms with Gasteiger partial charge in [0.2, 0.25) is 0 Å². The second-order valence-corrected chi connectivity index (χ2v) is 12.5. The van der Waals surface area contributed by atoms with Crippen LogP contribution in [0.15, 0.2) is 43.0 Å². The maximum absolute atomic E-state index is 11.8. The second-order valence-electron chi connectivity index (χ2n) is 10.3. The lowest BCUT2D eigenvalue weighted by Crippen LogP contribution is -2.28. The third kappa shape index (κ3) is 12.5. The number of carbonyl (C=O) groups is 2. The molecule has 0 radical (unpaired) electrons. The Morgan fingerprint density at radius 3 is 2.19 bits per heavy atom. The molecule has 0 unspecified atom stereocenters. The fourth-order valence-electron chi connectivity index (χ4n) is 3.96. The number of anilines is 1. The largest absolute Gasteiger partial charge is 0.481 e. The molecule has 0 saturated carbocycles. The zero-order valence-corrected chi connectivity index (χ0v) is 28.3. The number of aromatic nitrogens is 3. The van der Waals surface area contributed by atoms with Crippen molar-refractivity contribution in [2.24, 2.45) is 5.41 Å². The van der Waals surface area contributed by atoms with E-state index < -0.39 is 11.4 Å². The number of amides is 2. The topological polar surface area (TPSA) is 117 Å².